The van der Waals surface area contributed by atoms with Crippen molar-refractivity contribution in [2.24, 2.45) is 0 Å². The van der Waals surface area contributed by atoms with Gasteiger partial charge in [0.2, 0.25) is 0 Å². The number of rotatable bonds is 14. The lowest BCUT2D eigenvalue weighted by Gasteiger charge is -1.90. The molecule has 2 nitrogen and oxygen atoms in total. The minimum absolute atomic E-state index is 0.263. The van der Waals surface area contributed by atoms with Gasteiger partial charge in [-0.3, -0.25) is 4.79 Å². The molecule has 0 aliphatic heterocycles. The van der Waals surface area contributed by atoms with Crippen LogP contribution < -0.4 is 0 Å². The van der Waals surface area contributed by atoms with Crippen LogP contribution in [0.25, 0.3) is 0 Å². The Labute approximate surface area is 136 Å². The van der Waals surface area contributed by atoms with E-state index in [0.29, 0.717) is 0 Å². The van der Waals surface area contributed by atoms with E-state index in [9.17, 15) is 4.79 Å². The predicted molar refractivity (Wildman–Crippen MR) is 96.0 cm³/mol. The van der Waals surface area contributed by atoms with Crippen LogP contribution in [-0.2, 0) is 4.79 Å². The first-order valence-corrected chi connectivity index (χ1v) is 8.60. The molecule has 0 aromatic carbocycles. The SMILES string of the molecule is CCCCC/C=C\C=C\CC/C=C\C/C=C\CCCC(=O)O. The molecule has 0 aliphatic rings. The highest BCUT2D eigenvalue weighted by Gasteiger charge is 1.92. The van der Waals surface area contributed by atoms with Gasteiger partial charge >= 0.3 is 5.97 Å². The summed E-state index contributed by atoms with van der Waals surface area (Å²) >= 11 is 0. The van der Waals surface area contributed by atoms with E-state index in [0.717, 1.165) is 32.1 Å². The Morgan fingerprint density at radius 2 is 1.36 bits per heavy atom. The highest BCUT2D eigenvalue weighted by Crippen LogP contribution is 2.01. The molecule has 22 heavy (non-hydrogen) atoms. The molecule has 0 bridgehead atoms. The smallest absolute Gasteiger partial charge is 0.303 e. The van der Waals surface area contributed by atoms with Crippen molar-refractivity contribution in [3.63, 3.8) is 0 Å². The Kier molecular flexibility index (Phi) is 16.2. The molecule has 0 spiro atoms. The molecule has 0 fully saturated rings. The molecule has 0 heterocycles. The summed E-state index contributed by atoms with van der Waals surface area (Å²) in [5.41, 5.74) is 0. The molecule has 0 atom stereocenters. The average Bonchev–Trinajstić information content (AvgIpc) is 2.50. The first-order valence-electron chi connectivity index (χ1n) is 8.60. The average molecular weight is 304 g/mol. The highest BCUT2D eigenvalue weighted by molar-refractivity contribution is 5.66. The molecule has 0 unspecified atom stereocenters. The fourth-order valence-electron chi connectivity index (χ4n) is 1.93. The summed E-state index contributed by atoms with van der Waals surface area (Å²) in [6.45, 7) is 2.23. The third-order valence-electron chi connectivity index (χ3n) is 3.22. The molecular formula is C20H32O2. The Hall–Kier alpha value is -1.57. The van der Waals surface area contributed by atoms with Gasteiger partial charge in [-0.1, -0.05) is 68.4 Å². The summed E-state index contributed by atoms with van der Waals surface area (Å²) < 4.78 is 0. The molecule has 1 N–H and O–H groups in total. The number of carboxylic acid groups (broad SMARTS) is 1. The molecule has 0 saturated heterocycles. The van der Waals surface area contributed by atoms with Crippen LogP contribution in [0.15, 0.2) is 48.6 Å². The number of hydrogen-bond acceptors (Lipinski definition) is 1. The molecular weight excluding hydrogens is 272 g/mol. The van der Waals surface area contributed by atoms with Crippen molar-refractivity contribution in [3.8, 4) is 0 Å². The molecule has 0 aromatic heterocycles. The van der Waals surface area contributed by atoms with Crippen LogP contribution >= 0.6 is 0 Å². The van der Waals surface area contributed by atoms with Crippen LogP contribution in [-0.4, -0.2) is 11.1 Å². The number of carbonyl (C=O) groups is 1. The van der Waals surface area contributed by atoms with Gasteiger partial charge in [-0.25, -0.2) is 0 Å². The molecule has 2 heteroatoms. The molecule has 0 aromatic rings. The quantitative estimate of drug-likeness (QED) is 0.235. The molecule has 0 rings (SSSR count). The van der Waals surface area contributed by atoms with Crippen molar-refractivity contribution >= 4 is 5.97 Å². The number of unbranched alkanes of at least 4 members (excludes halogenated alkanes) is 5. The Morgan fingerprint density at radius 1 is 0.773 bits per heavy atom. The van der Waals surface area contributed by atoms with Gasteiger partial charge < -0.3 is 5.11 Å². The van der Waals surface area contributed by atoms with E-state index in [1.54, 1.807) is 0 Å². The lowest BCUT2D eigenvalue weighted by Crippen LogP contribution is -1.92. The van der Waals surface area contributed by atoms with Crippen molar-refractivity contribution in [1.29, 1.82) is 0 Å². The summed E-state index contributed by atoms with van der Waals surface area (Å²) in [5.74, 6) is -0.711. The first-order chi connectivity index (χ1) is 10.8. The Morgan fingerprint density at radius 3 is 2.05 bits per heavy atom. The van der Waals surface area contributed by atoms with Gasteiger partial charge in [0.1, 0.15) is 0 Å². The summed E-state index contributed by atoms with van der Waals surface area (Å²) in [5, 5.41) is 8.49. The molecule has 0 aliphatic carbocycles. The third kappa shape index (κ3) is 18.4. The monoisotopic (exact) mass is 304 g/mol. The highest BCUT2D eigenvalue weighted by atomic mass is 16.4. The second-order valence-electron chi connectivity index (χ2n) is 5.39. The van der Waals surface area contributed by atoms with E-state index in [2.05, 4.69) is 55.5 Å². The van der Waals surface area contributed by atoms with E-state index in [1.807, 2.05) is 0 Å². The minimum Gasteiger partial charge on any atom is -0.481 e. The van der Waals surface area contributed by atoms with Crippen LogP contribution in [0.1, 0.15) is 71.1 Å². The van der Waals surface area contributed by atoms with E-state index in [4.69, 9.17) is 5.11 Å². The summed E-state index contributed by atoms with van der Waals surface area (Å²) in [6, 6.07) is 0. The minimum atomic E-state index is -0.711. The maximum atomic E-state index is 10.3. The largest absolute Gasteiger partial charge is 0.481 e. The fraction of sp³-hybridized carbons (Fsp3) is 0.550. The van der Waals surface area contributed by atoms with Gasteiger partial charge in [0.05, 0.1) is 0 Å². The fourth-order valence-corrected chi connectivity index (χ4v) is 1.93. The van der Waals surface area contributed by atoms with Crippen LogP contribution in [0, 0.1) is 0 Å². The zero-order valence-corrected chi connectivity index (χ0v) is 14.0. The first kappa shape index (κ1) is 20.4. The lowest BCUT2D eigenvalue weighted by molar-refractivity contribution is -0.137. The molecule has 0 amide bonds. The number of hydrogen-bond donors (Lipinski definition) is 1. The topological polar surface area (TPSA) is 37.3 Å². The number of aliphatic carboxylic acids is 1. The van der Waals surface area contributed by atoms with Crippen molar-refractivity contribution < 1.29 is 9.90 Å². The van der Waals surface area contributed by atoms with Crippen molar-refractivity contribution in [3.05, 3.63) is 48.6 Å². The standard InChI is InChI=1S/C20H32O2/c1-2-3-4-5-6-7-8-9-10-11-12-13-14-15-16-17-18-19-20(21)22/h6-9,12-13,15-16H,2-5,10-11,14,17-19H2,1H3,(H,21,22)/b7-6-,9-8+,13-12-,16-15-. The lowest BCUT2D eigenvalue weighted by atomic mass is 10.2. The predicted octanol–water partition coefficient (Wildman–Crippen LogP) is 6.22. The van der Waals surface area contributed by atoms with E-state index >= 15 is 0 Å². The molecule has 0 saturated carbocycles. The van der Waals surface area contributed by atoms with Gasteiger partial charge in [0, 0.05) is 6.42 Å². The van der Waals surface area contributed by atoms with Crippen LogP contribution in [0.2, 0.25) is 0 Å². The van der Waals surface area contributed by atoms with Crippen molar-refractivity contribution in [2.75, 3.05) is 0 Å². The maximum Gasteiger partial charge on any atom is 0.303 e. The van der Waals surface area contributed by atoms with E-state index in [1.165, 1.54) is 25.7 Å². The summed E-state index contributed by atoms with van der Waals surface area (Å²) in [6.07, 6.45) is 27.3. The maximum absolute atomic E-state index is 10.3. The van der Waals surface area contributed by atoms with Gasteiger partial charge in [-0.05, 0) is 44.9 Å². The molecule has 124 valence electrons. The third-order valence-corrected chi connectivity index (χ3v) is 3.22. The number of carboxylic acids is 1. The van der Waals surface area contributed by atoms with Crippen LogP contribution in [0.5, 0.6) is 0 Å². The zero-order chi connectivity index (χ0) is 16.3. The van der Waals surface area contributed by atoms with E-state index in [-0.39, 0.29) is 6.42 Å². The van der Waals surface area contributed by atoms with Gasteiger partial charge in [-0.15, -0.1) is 0 Å². The number of allylic oxidation sites excluding steroid dienone is 8. The zero-order valence-electron chi connectivity index (χ0n) is 14.0. The Balaban J connectivity index is 3.39. The Bertz CT molecular complexity index is 362. The normalized spacial score (nSPS) is 12.4. The van der Waals surface area contributed by atoms with Gasteiger partial charge in [0.25, 0.3) is 0 Å². The van der Waals surface area contributed by atoms with Gasteiger partial charge in [-0.2, -0.15) is 0 Å². The van der Waals surface area contributed by atoms with Crippen LogP contribution in [0.4, 0.5) is 0 Å². The summed E-state index contributed by atoms with van der Waals surface area (Å²) in [7, 11) is 0. The second-order valence-corrected chi connectivity index (χ2v) is 5.39. The molecule has 0 radical (unpaired) electrons. The second kappa shape index (κ2) is 17.5. The van der Waals surface area contributed by atoms with Gasteiger partial charge in [0.15, 0.2) is 0 Å². The summed E-state index contributed by atoms with van der Waals surface area (Å²) in [4.78, 5) is 10.3. The van der Waals surface area contributed by atoms with Crippen molar-refractivity contribution in [1.82, 2.24) is 0 Å². The van der Waals surface area contributed by atoms with Crippen LogP contribution in [0.3, 0.4) is 0 Å². The van der Waals surface area contributed by atoms with E-state index < -0.39 is 5.97 Å². The van der Waals surface area contributed by atoms with Crippen molar-refractivity contribution in [2.45, 2.75) is 71.1 Å².